The van der Waals surface area contributed by atoms with Crippen LogP contribution in [0.5, 0.6) is 0 Å². The van der Waals surface area contributed by atoms with Gasteiger partial charge in [0.05, 0.1) is 30.6 Å². The maximum atomic E-state index is 14.7. The number of fused-ring (bicyclic) bond motifs is 2. The summed E-state index contributed by atoms with van der Waals surface area (Å²) < 4.78 is 70.6. The van der Waals surface area contributed by atoms with Crippen LogP contribution in [-0.2, 0) is 0 Å². The van der Waals surface area contributed by atoms with Crippen molar-refractivity contribution < 1.29 is 26.7 Å². The van der Waals surface area contributed by atoms with Gasteiger partial charge in [-0.05, 0) is 49.4 Å². The summed E-state index contributed by atoms with van der Waals surface area (Å²) in [5.74, 6) is -2.27. The Balaban J connectivity index is 1.17. The van der Waals surface area contributed by atoms with Crippen LogP contribution >= 0.6 is 0 Å². The summed E-state index contributed by atoms with van der Waals surface area (Å²) in [5, 5.41) is 2.95. The van der Waals surface area contributed by atoms with Gasteiger partial charge in [0.2, 0.25) is 0 Å². The number of amides is 2. The molecule has 3 aliphatic heterocycles. The lowest BCUT2D eigenvalue weighted by Gasteiger charge is -2.35. The number of hydrogen-bond donors (Lipinski definition) is 2. The lowest BCUT2D eigenvalue weighted by Crippen LogP contribution is -2.53. The van der Waals surface area contributed by atoms with Crippen molar-refractivity contribution in [3.05, 3.63) is 64.2 Å². The first-order valence-electron chi connectivity index (χ1n) is 14.0. The van der Waals surface area contributed by atoms with E-state index in [1.165, 1.54) is 17.0 Å². The van der Waals surface area contributed by atoms with Crippen molar-refractivity contribution in [2.45, 2.75) is 62.3 Å². The molecule has 2 saturated heterocycles. The molecule has 1 aromatic carbocycles. The summed E-state index contributed by atoms with van der Waals surface area (Å²) >= 11 is 0. The summed E-state index contributed by atoms with van der Waals surface area (Å²) in [4.78, 5) is 40.4. The molecule has 3 atom stereocenters. The van der Waals surface area contributed by atoms with E-state index in [9.17, 15) is 31.5 Å². The standard InChI is InChI=1S/C28H30F5N7O2/c29-20-4-1-3-19(23(20)30)16-6-7-21(25-35-14-18(39(25)15-16)13-28(31,32)33)36-26(41)38-11-8-17(9-12-38)40-22-5-2-10-34-24(22)37-27(40)42/h1-5,10,16-18,21H,6-9,11-15H2,(H,36,41)(H,34,37,42)/t16-,18?,21-/m1/s1. The quantitative estimate of drug-likeness (QED) is 0.442. The minimum Gasteiger partial charge on any atom is -0.353 e. The summed E-state index contributed by atoms with van der Waals surface area (Å²) in [6.07, 6.45) is -2.26. The zero-order valence-electron chi connectivity index (χ0n) is 22.6. The van der Waals surface area contributed by atoms with Crippen LogP contribution in [0.2, 0.25) is 0 Å². The second-order valence-electron chi connectivity index (χ2n) is 11.1. The van der Waals surface area contributed by atoms with Crippen molar-refractivity contribution in [3.63, 3.8) is 0 Å². The number of nitrogens with zero attached hydrogens (tertiary/aromatic N) is 5. The van der Waals surface area contributed by atoms with Gasteiger partial charge in [0.15, 0.2) is 17.3 Å². The number of amidine groups is 1. The Morgan fingerprint density at radius 1 is 1.07 bits per heavy atom. The number of aliphatic imine (C=N–C) groups is 1. The molecule has 2 aromatic heterocycles. The molecular weight excluding hydrogens is 561 g/mol. The van der Waals surface area contributed by atoms with Crippen LogP contribution in [0.4, 0.5) is 26.7 Å². The first-order valence-corrected chi connectivity index (χ1v) is 14.0. The summed E-state index contributed by atoms with van der Waals surface area (Å²) in [6.45, 7) is 0.671. The number of hydrogen-bond acceptors (Lipinski definition) is 5. The van der Waals surface area contributed by atoms with E-state index in [-0.39, 0.29) is 36.4 Å². The summed E-state index contributed by atoms with van der Waals surface area (Å²) in [5.41, 5.74) is 1.03. The van der Waals surface area contributed by atoms with Crippen LogP contribution in [0.25, 0.3) is 11.2 Å². The van der Waals surface area contributed by atoms with Crippen LogP contribution in [0.15, 0.2) is 46.3 Å². The monoisotopic (exact) mass is 591 g/mol. The molecule has 3 aromatic rings. The number of benzene rings is 1. The second kappa shape index (κ2) is 11.0. The molecule has 5 heterocycles. The minimum atomic E-state index is -4.44. The van der Waals surface area contributed by atoms with Crippen LogP contribution in [0.1, 0.15) is 49.6 Å². The number of alkyl halides is 3. The Hall–Kier alpha value is -3.97. The van der Waals surface area contributed by atoms with Crippen molar-refractivity contribution in [3.8, 4) is 0 Å². The molecular formula is C28H30F5N7O2. The van der Waals surface area contributed by atoms with E-state index in [4.69, 9.17) is 0 Å². The number of halogens is 5. The third-order valence-corrected chi connectivity index (χ3v) is 8.52. The van der Waals surface area contributed by atoms with Crippen LogP contribution < -0.4 is 11.0 Å². The van der Waals surface area contributed by atoms with Crippen molar-refractivity contribution in [1.29, 1.82) is 0 Å². The van der Waals surface area contributed by atoms with E-state index >= 15 is 0 Å². The Kier molecular flexibility index (Phi) is 7.39. The molecule has 3 aliphatic rings. The number of piperidine rings is 1. The lowest BCUT2D eigenvalue weighted by atomic mass is 9.92. The van der Waals surface area contributed by atoms with Gasteiger partial charge in [-0.1, -0.05) is 12.1 Å². The van der Waals surface area contributed by atoms with E-state index in [1.807, 2.05) is 6.07 Å². The highest BCUT2D eigenvalue weighted by Gasteiger charge is 2.43. The van der Waals surface area contributed by atoms with Crippen molar-refractivity contribution >= 4 is 23.0 Å². The van der Waals surface area contributed by atoms with Gasteiger partial charge < -0.3 is 15.1 Å². The van der Waals surface area contributed by atoms with Crippen LogP contribution in [0.3, 0.4) is 0 Å². The minimum absolute atomic E-state index is 0.0337. The van der Waals surface area contributed by atoms with Gasteiger partial charge >= 0.3 is 17.9 Å². The Morgan fingerprint density at radius 3 is 2.62 bits per heavy atom. The zero-order chi connectivity index (χ0) is 29.6. The molecule has 2 fully saturated rings. The normalized spacial score (nSPS) is 23.5. The number of aromatic amines is 1. The third-order valence-electron chi connectivity index (χ3n) is 8.52. The molecule has 2 N–H and O–H groups in total. The number of carbonyl (C=O) groups is 1. The van der Waals surface area contributed by atoms with Gasteiger partial charge in [-0.25, -0.2) is 23.4 Å². The molecule has 0 radical (unpaired) electrons. The highest BCUT2D eigenvalue weighted by molar-refractivity contribution is 5.93. The first kappa shape index (κ1) is 28.2. The van der Waals surface area contributed by atoms with Gasteiger partial charge in [0, 0.05) is 37.8 Å². The molecule has 42 heavy (non-hydrogen) atoms. The fraction of sp³-hybridized carbons (Fsp3) is 0.500. The molecule has 2 amide bonds. The van der Waals surface area contributed by atoms with Gasteiger partial charge in [-0.2, -0.15) is 13.2 Å². The maximum absolute atomic E-state index is 14.7. The predicted molar refractivity (Wildman–Crippen MR) is 144 cm³/mol. The zero-order valence-corrected chi connectivity index (χ0v) is 22.6. The summed E-state index contributed by atoms with van der Waals surface area (Å²) in [6, 6.07) is 5.22. The van der Waals surface area contributed by atoms with Gasteiger partial charge in [0.25, 0.3) is 0 Å². The van der Waals surface area contributed by atoms with Crippen molar-refractivity contribution in [2.75, 3.05) is 26.2 Å². The van der Waals surface area contributed by atoms with E-state index in [0.29, 0.717) is 55.8 Å². The number of carbonyl (C=O) groups excluding carboxylic acids is 1. The molecule has 0 saturated carbocycles. The SMILES string of the molecule is O=C(N[C@@H]1CC[C@@H](c2cccc(F)c2F)CN2C1=NCC2CC(F)(F)F)N1CCC(n2c(=O)[nH]c3ncccc32)CC1. The van der Waals surface area contributed by atoms with E-state index in [0.717, 1.165) is 6.07 Å². The third kappa shape index (κ3) is 5.45. The van der Waals surface area contributed by atoms with Gasteiger partial charge in [-0.15, -0.1) is 0 Å². The topological polar surface area (TPSA) is 98.6 Å². The molecule has 0 bridgehead atoms. The number of nitrogens with one attached hydrogen (secondary N) is 2. The summed E-state index contributed by atoms with van der Waals surface area (Å²) in [7, 11) is 0. The first-order chi connectivity index (χ1) is 20.1. The second-order valence-corrected chi connectivity index (χ2v) is 11.1. The van der Waals surface area contributed by atoms with Crippen LogP contribution in [0, 0.1) is 11.6 Å². The number of likely N-dealkylation sites (tertiary alicyclic amines) is 1. The fourth-order valence-corrected chi connectivity index (χ4v) is 6.51. The van der Waals surface area contributed by atoms with Crippen molar-refractivity contribution in [1.82, 2.24) is 29.7 Å². The number of H-pyrrole nitrogens is 1. The number of rotatable bonds is 4. The highest BCUT2D eigenvalue weighted by atomic mass is 19.4. The fourth-order valence-electron chi connectivity index (χ4n) is 6.51. The molecule has 0 spiro atoms. The Morgan fingerprint density at radius 2 is 1.86 bits per heavy atom. The number of aromatic nitrogens is 3. The maximum Gasteiger partial charge on any atom is 0.391 e. The smallest absolute Gasteiger partial charge is 0.353 e. The number of pyridine rings is 1. The van der Waals surface area contributed by atoms with E-state index in [2.05, 4.69) is 20.3 Å². The largest absolute Gasteiger partial charge is 0.391 e. The Labute approximate surface area is 237 Å². The molecule has 1 unspecified atom stereocenters. The average molecular weight is 592 g/mol. The molecule has 9 nitrogen and oxygen atoms in total. The number of urea groups is 1. The highest BCUT2D eigenvalue weighted by Crippen LogP contribution is 2.35. The molecule has 0 aliphatic carbocycles. The average Bonchev–Trinajstić information content (AvgIpc) is 3.43. The van der Waals surface area contributed by atoms with E-state index < -0.39 is 42.2 Å². The molecule has 14 heteroatoms. The van der Waals surface area contributed by atoms with Gasteiger partial charge in [0.1, 0.15) is 5.84 Å². The van der Waals surface area contributed by atoms with Gasteiger partial charge in [-0.3, -0.25) is 14.5 Å². The number of imidazole rings is 1. The predicted octanol–water partition coefficient (Wildman–Crippen LogP) is 4.33. The lowest BCUT2D eigenvalue weighted by molar-refractivity contribution is -0.143. The van der Waals surface area contributed by atoms with Crippen LogP contribution in [-0.4, -0.2) is 80.6 Å². The molecule has 224 valence electrons. The molecule has 6 rings (SSSR count). The Bertz CT molecular complexity index is 1560. The van der Waals surface area contributed by atoms with Crippen molar-refractivity contribution in [2.24, 2.45) is 4.99 Å². The van der Waals surface area contributed by atoms with E-state index in [1.54, 1.807) is 21.7 Å².